The van der Waals surface area contributed by atoms with Crippen LogP contribution in [0.25, 0.3) is 0 Å². The molecule has 0 spiro atoms. The quantitative estimate of drug-likeness (QED) is 0.697. The second kappa shape index (κ2) is 3.71. The Morgan fingerprint density at radius 1 is 1.23 bits per heavy atom. The van der Waals surface area contributed by atoms with Gasteiger partial charge in [-0.1, -0.05) is 30.3 Å². The number of carbonyl (C=O) groups excluding carboxylic acids is 1. The van der Waals surface area contributed by atoms with E-state index >= 15 is 0 Å². The molecule has 2 heteroatoms. The van der Waals surface area contributed by atoms with Gasteiger partial charge in [-0.3, -0.25) is 4.79 Å². The molecule has 1 N–H and O–H groups in total. The zero-order chi connectivity index (χ0) is 9.10. The first-order valence-electron chi connectivity index (χ1n) is 4.66. The second-order valence-electron chi connectivity index (χ2n) is 3.38. The molecule has 0 aromatic heterocycles. The third-order valence-electron chi connectivity index (χ3n) is 2.49. The van der Waals surface area contributed by atoms with Crippen LogP contribution in [0.3, 0.4) is 0 Å². The Morgan fingerprint density at radius 2 is 2.00 bits per heavy atom. The highest BCUT2D eigenvalue weighted by Gasteiger charge is 2.22. The molecule has 1 aromatic rings. The smallest absolute Gasteiger partial charge is 0.142 e. The number of Topliss-reactive ketones (excluding diaryl/α,β-unsaturated/α-hetero) is 1. The summed E-state index contributed by atoms with van der Waals surface area (Å²) in [6.45, 7) is 1.63. The third-order valence-corrected chi connectivity index (χ3v) is 2.49. The molecule has 68 valence electrons. The lowest BCUT2D eigenvalue weighted by molar-refractivity contribution is -0.121. The summed E-state index contributed by atoms with van der Waals surface area (Å²) >= 11 is 0. The zero-order valence-electron chi connectivity index (χ0n) is 7.49. The number of nitrogens with one attached hydrogen (secondary N) is 1. The summed E-state index contributed by atoms with van der Waals surface area (Å²) in [6.07, 6.45) is 0.666. The summed E-state index contributed by atoms with van der Waals surface area (Å²) < 4.78 is 0. The maximum absolute atomic E-state index is 11.6. The van der Waals surface area contributed by atoms with Crippen molar-refractivity contribution >= 4 is 5.78 Å². The Hall–Kier alpha value is -1.15. The van der Waals surface area contributed by atoms with E-state index in [9.17, 15) is 4.79 Å². The van der Waals surface area contributed by atoms with Crippen molar-refractivity contribution in [2.75, 3.05) is 13.1 Å². The summed E-state index contributed by atoms with van der Waals surface area (Å²) in [4.78, 5) is 11.6. The fourth-order valence-electron chi connectivity index (χ4n) is 1.74. The molecule has 0 aliphatic carbocycles. The van der Waals surface area contributed by atoms with Gasteiger partial charge >= 0.3 is 0 Å². The molecule has 0 bridgehead atoms. The zero-order valence-corrected chi connectivity index (χ0v) is 7.49. The van der Waals surface area contributed by atoms with Gasteiger partial charge in [0.25, 0.3) is 0 Å². The molecule has 1 aliphatic rings. The Labute approximate surface area is 78.0 Å². The molecule has 2 rings (SSSR count). The number of piperidine rings is 1. The van der Waals surface area contributed by atoms with E-state index < -0.39 is 0 Å². The first-order valence-corrected chi connectivity index (χ1v) is 4.66. The van der Waals surface area contributed by atoms with Crippen molar-refractivity contribution in [2.24, 2.45) is 0 Å². The lowest BCUT2D eigenvalue weighted by Crippen LogP contribution is -2.35. The Kier molecular flexibility index (Phi) is 2.41. The van der Waals surface area contributed by atoms with E-state index in [1.54, 1.807) is 0 Å². The van der Waals surface area contributed by atoms with E-state index in [1.807, 2.05) is 30.3 Å². The van der Waals surface area contributed by atoms with E-state index in [4.69, 9.17) is 0 Å². The van der Waals surface area contributed by atoms with Crippen LogP contribution >= 0.6 is 0 Å². The average Bonchev–Trinajstić information content (AvgIpc) is 2.20. The largest absolute Gasteiger partial charge is 0.315 e. The summed E-state index contributed by atoms with van der Waals surface area (Å²) in [7, 11) is 0. The van der Waals surface area contributed by atoms with Crippen LogP contribution in [-0.4, -0.2) is 18.9 Å². The van der Waals surface area contributed by atoms with Crippen LogP contribution in [0, 0.1) is 0 Å². The molecule has 1 fully saturated rings. The van der Waals surface area contributed by atoms with E-state index in [1.165, 1.54) is 0 Å². The summed E-state index contributed by atoms with van der Waals surface area (Å²) in [5, 5.41) is 3.24. The number of ketones is 1. The fourth-order valence-corrected chi connectivity index (χ4v) is 1.74. The van der Waals surface area contributed by atoms with Crippen molar-refractivity contribution in [1.29, 1.82) is 0 Å². The van der Waals surface area contributed by atoms with Gasteiger partial charge in [-0.15, -0.1) is 0 Å². The monoisotopic (exact) mass is 175 g/mol. The minimum Gasteiger partial charge on any atom is -0.315 e. The predicted molar refractivity (Wildman–Crippen MR) is 51.7 cm³/mol. The van der Waals surface area contributed by atoms with Gasteiger partial charge < -0.3 is 5.32 Å². The fraction of sp³-hybridized carbons (Fsp3) is 0.364. The lowest BCUT2D eigenvalue weighted by atomic mass is 9.91. The molecule has 2 nitrogen and oxygen atoms in total. The maximum atomic E-state index is 11.6. The van der Waals surface area contributed by atoms with Crippen LogP contribution < -0.4 is 5.32 Å². The van der Waals surface area contributed by atoms with Gasteiger partial charge in [0.2, 0.25) is 0 Å². The molecule has 0 amide bonds. The van der Waals surface area contributed by atoms with Gasteiger partial charge in [0.1, 0.15) is 5.78 Å². The topological polar surface area (TPSA) is 29.1 Å². The Balaban J connectivity index is 2.20. The highest BCUT2D eigenvalue weighted by atomic mass is 16.1. The van der Waals surface area contributed by atoms with Gasteiger partial charge in [-0.25, -0.2) is 0 Å². The van der Waals surface area contributed by atoms with Crippen molar-refractivity contribution in [1.82, 2.24) is 5.32 Å². The number of benzene rings is 1. The van der Waals surface area contributed by atoms with Gasteiger partial charge in [-0.05, 0) is 5.56 Å². The van der Waals surface area contributed by atoms with Crippen molar-refractivity contribution < 1.29 is 4.79 Å². The first kappa shape index (κ1) is 8.45. The summed E-state index contributed by atoms with van der Waals surface area (Å²) in [5.41, 5.74) is 1.14. The lowest BCUT2D eigenvalue weighted by Gasteiger charge is -2.21. The predicted octanol–water partition coefficient (Wildman–Crippen LogP) is 1.33. The molecule has 13 heavy (non-hydrogen) atoms. The SMILES string of the molecule is O=C1CCNC[C@@H]1c1ccccc1. The number of carbonyl (C=O) groups is 1. The van der Waals surface area contributed by atoms with E-state index in [0.717, 1.165) is 18.7 Å². The van der Waals surface area contributed by atoms with Gasteiger partial charge in [0, 0.05) is 19.5 Å². The van der Waals surface area contributed by atoms with Crippen LogP contribution in [0.5, 0.6) is 0 Å². The molecule has 0 unspecified atom stereocenters. The molecule has 1 saturated heterocycles. The van der Waals surface area contributed by atoms with Crippen LogP contribution in [0.15, 0.2) is 30.3 Å². The third kappa shape index (κ3) is 1.78. The minimum atomic E-state index is 0.0787. The highest BCUT2D eigenvalue weighted by Crippen LogP contribution is 2.19. The number of hydrogen-bond acceptors (Lipinski definition) is 2. The Bertz CT molecular complexity index is 294. The summed E-state index contributed by atoms with van der Waals surface area (Å²) in [5.74, 6) is 0.444. The highest BCUT2D eigenvalue weighted by molar-refractivity contribution is 5.86. The van der Waals surface area contributed by atoms with Crippen molar-refractivity contribution in [3.8, 4) is 0 Å². The molecular formula is C11H13NO. The molecule has 1 atom stereocenters. The van der Waals surface area contributed by atoms with Crippen molar-refractivity contribution in [3.63, 3.8) is 0 Å². The number of rotatable bonds is 1. The van der Waals surface area contributed by atoms with Gasteiger partial charge in [-0.2, -0.15) is 0 Å². The maximum Gasteiger partial charge on any atom is 0.142 e. The Morgan fingerprint density at radius 3 is 2.69 bits per heavy atom. The first-order chi connectivity index (χ1) is 6.38. The van der Waals surface area contributed by atoms with E-state index in [-0.39, 0.29) is 5.92 Å². The van der Waals surface area contributed by atoms with Gasteiger partial charge in [0.15, 0.2) is 0 Å². The normalized spacial score (nSPS) is 23.1. The van der Waals surface area contributed by atoms with Gasteiger partial charge in [0.05, 0.1) is 5.92 Å². The molecule has 1 aliphatic heterocycles. The van der Waals surface area contributed by atoms with Crippen molar-refractivity contribution in [2.45, 2.75) is 12.3 Å². The number of hydrogen-bond donors (Lipinski definition) is 1. The molecule has 1 aromatic carbocycles. The summed E-state index contributed by atoms with van der Waals surface area (Å²) in [6, 6.07) is 9.99. The standard InChI is InChI=1S/C11H13NO/c13-11-6-7-12-8-10(11)9-4-2-1-3-5-9/h1-5,10,12H,6-8H2/t10-/m1/s1. The minimum absolute atomic E-state index is 0.0787. The van der Waals surface area contributed by atoms with E-state index in [2.05, 4.69) is 5.32 Å². The molecule has 0 saturated carbocycles. The second-order valence-corrected chi connectivity index (χ2v) is 3.38. The average molecular weight is 175 g/mol. The van der Waals surface area contributed by atoms with Crippen molar-refractivity contribution in [3.05, 3.63) is 35.9 Å². The van der Waals surface area contributed by atoms with Crippen LogP contribution in [0.2, 0.25) is 0 Å². The van der Waals surface area contributed by atoms with Crippen LogP contribution in [0.1, 0.15) is 17.9 Å². The molecular weight excluding hydrogens is 162 g/mol. The van der Waals surface area contributed by atoms with E-state index in [0.29, 0.717) is 12.2 Å². The van der Waals surface area contributed by atoms with Crippen LogP contribution in [0.4, 0.5) is 0 Å². The molecule has 1 heterocycles. The molecule has 0 radical (unpaired) electrons. The van der Waals surface area contributed by atoms with Crippen LogP contribution in [-0.2, 0) is 4.79 Å².